The third-order valence-electron chi connectivity index (χ3n) is 4.30. The molecule has 1 heterocycles. The van der Waals surface area contributed by atoms with Gasteiger partial charge in [0.25, 0.3) is 0 Å². The first-order valence-electron chi connectivity index (χ1n) is 9.27. The molecule has 2 N–H and O–H groups in total. The number of benzene rings is 2. The summed E-state index contributed by atoms with van der Waals surface area (Å²) in [5.41, 5.74) is 1.81. The van der Waals surface area contributed by atoms with Crippen LogP contribution in [-0.4, -0.2) is 54.3 Å². The van der Waals surface area contributed by atoms with Crippen LogP contribution in [-0.2, 0) is 11.2 Å². The van der Waals surface area contributed by atoms with E-state index >= 15 is 0 Å². The molecule has 30 heavy (non-hydrogen) atoms. The molecule has 0 aliphatic carbocycles. The summed E-state index contributed by atoms with van der Waals surface area (Å²) in [7, 11) is 4.85. The Balaban J connectivity index is 1.72. The van der Waals surface area contributed by atoms with Crippen LogP contribution in [0.1, 0.15) is 5.56 Å². The van der Waals surface area contributed by atoms with E-state index in [1.54, 1.807) is 21.2 Å². The van der Waals surface area contributed by atoms with Crippen LogP contribution < -0.4 is 15.4 Å². The molecule has 0 fully saturated rings. The molecule has 0 aliphatic heterocycles. The van der Waals surface area contributed by atoms with Gasteiger partial charge in [-0.3, -0.25) is 10.1 Å². The molecule has 0 bridgehead atoms. The summed E-state index contributed by atoms with van der Waals surface area (Å²) < 4.78 is 5.16. The number of carbonyl (C=O) groups is 2. The largest absolute Gasteiger partial charge is 0.497 e. The first-order chi connectivity index (χ1) is 14.5. The topological polar surface area (TPSA) is 96.5 Å². The zero-order valence-corrected chi connectivity index (χ0v) is 17.8. The Morgan fingerprint density at radius 2 is 1.77 bits per heavy atom. The van der Waals surface area contributed by atoms with Crippen LogP contribution in [0.2, 0.25) is 0 Å². The predicted molar refractivity (Wildman–Crippen MR) is 117 cm³/mol. The van der Waals surface area contributed by atoms with Gasteiger partial charge < -0.3 is 15.0 Å². The second-order valence-electron chi connectivity index (χ2n) is 6.72. The SMILES string of the molecule is COc1ccc(-c2nnc(NC(=O)C(Cc3ccccc3)NC(=O)N(C)C)s2)cc1. The van der Waals surface area contributed by atoms with E-state index in [9.17, 15) is 9.59 Å². The lowest BCUT2D eigenvalue weighted by molar-refractivity contribution is -0.117. The first-order valence-corrected chi connectivity index (χ1v) is 10.1. The van der Waals surface area contributed by atoms with Crippen molar-refractivity contribution in [1.29, 1.82) is 0 Å². The van der Waals surface area contributed by atoms with Gasteiger partial charge in [0.15, 0.2) is 0 Å². The molecule has 3 aromatic rings. The molecular formula is C21H23N5O3S. The smallest absolute Gasteiger partial charge is 0.317 e. The molecule has 3 amide bonds. The molecule has 1 unspecified atom stereocenters. The van der Waals surface area contributed by atoms with Gasteiger partial charge in [-0.05, 0) is 29.8 Å². The monoisotopic (exact) mass is 425 g/mol. The zero-order valence-electron chi connectivity index (χ0n) is 17.0. The highest BCUT2D eigenvalue weighted by Crippen LogP contribution is 2.27. The van der Waals surface area contributed by atoms with Crippen LogP contribution in [0, 0.1) is 0 Å². The maximum Gasteiger partial charge on any atom is 0.317 e. The Morgan fingerprint density at radius 3 is 2.40 bits per heavy atom. The number of anilines is 1. The van der Waals surface area contributed by atoms with Gasteiger partial charge in [0.05, 0.1) is 7.11 Å². The molecule has 1 aromatic heterocycles. The van der Waals surface area contributed by atoms with Crippen LogP contribution in [0.5, 0.6) is 5.75 Å². The van der Waals surface area contributed by atoms with E-state index in [0.29, 0.717) is 16.6 Å². The number of amides is 3. The maximum absolute atomic E-state index is 12.9. The van der Waals surface area contributed by atoms with Crippen molar-refractivity contribution < 1.29 is 14.3 Å². The number of ether oxygens (including phenoxy) is 1. The van der Waals surface area contributed by atoms with Crippen LogP contribution in [0.25, 0.3) is 10.6 Å². The summed E-state index contributed by atoms with van der Waals surface area (Å²) in [4.78, 5) is 26.4. The Labute approximate surface area is 178 Å². The molecule has 0 spiro atoms. The van der Waals surface area contributed by atoms with Gasteiger partial charge in [0.1, 0.15) is 16.8 Å². The molecule has 1 atom stereocenters. The minimum atomic E-state index is -0.754. The van der Waals surface area contributed by atoms with Gasteiger partial charge in [-0.2, -0.15) is 0 Å². The van der Waals surface area contributed by atoms with Crippen LogP contribution in [0.15, 0.2) is 54.6 Å². The van der Waals surface area contributed by atoms with Gasteiger partial charge in [0.2, 0.25) is 11.0 Å². The van der Waals surface area contributed by atoms with Gasteiger partial charge in [0, 0.05) is 26.1 Å². The lowest BCUT2D eigenvalue weighted by atomic mass is 10.1. The number of nitrogens with zero attached hydrogens (tertiary/aromatic N) is 3. The molecule has 156 valence electrons. The summed E-state index contributed by atoms with van der Waals surface area (Å²) in [5, 5.41) is 14.8. The Hall–Kier alpha value is -3.46. The number of hydrogen-bond acceptors (Lipinski definition) is 6. The highest BCUT2D eigenvalue weighted by Gasteiger charge is 2.23. The third-order valence-corrected chi connectivity index (χ3v) is 5.18. The second kappa shape index (κ2) is 9.84. The number of methoxy groups -OCH3 is 1. The molecule has 0 saturated carbocycles. The molecule has 0 saturated heterocycles. The van der Waals surface area contributed by atoms with Crippen LogP contribution in [0.3, 0.4) is 0 Å². The third kappa shape index (κ3) is 5.54. The van der Waals surface area contributed by atoms with Crippen LogP contribution >= 0.6 is 11.3 Å². The van der Waals surface area contributed by atoms with E-state index in [0.717, 1.165) is 16.9 Å². The summed E-state index contributed by atoms with van der Waals surface area (Å²) in [6.45, 7) is 0. The number of aromatic nitrogens is 2. The van der Waals surface area contributed by atoms with Gasteiger partial charge >= 0.3 is 6.03 Å². The fraction of sp³-hybridized carbons (Fsp3) is 0.238. The van der Waals surface area contributed by atoms with Gasteiger partial charge in [-0.25, -0.2) is 4.79 Å². The minimum Gasteiger partial charge on any atom is -0.497 e. The van der Waals surface area contributed by atoms with Crippen LogP contribution in [0.4, 0.5) is 9.93 Å². The van der Waals surface area contributed by atoms with Crippen molar-refractivity contribution in [1.82, 2.24) is 20.4 Å². The molecule has 0 aliphatic rings. The van der Waals surface area contributed by atoms with Crippen molar-refractivity contribution in [2.45, 2.75) is 12.5 Å². The fourth-order valence-corrected chi connectivity index (χ4v) is 3.41. The minimum absolute atomic E-state index is 0.345. The Kier molecular flexibility index (Phi) is 6.97. The van der Waals surface area contributed by atoms with Crippen molar-refractivity contribution in [2.24, 2.45) is 0 Å². The molecule has 3 rings (SSSR count). The lowest BCUT2D eigenvalue weighted by Crippen LogP contribution is -2.48. The normalized spacial score (nSPS) is 11.4. The first kappa shape index (κ1) is 21.3. The van der Waals surface area contributed by atoms with Crippen molar-refractivity contribution in [3.05, 3.63) is 60.2 Å². The van der Waals surface area contributed by atoms with E-state index < -0.39 is 6.04 Å². The zero-order chi connectivity index (χ0) is 21.5. The molecule has 2 aromatic carbocycles. The van der Waals surface area contributed by atoms with E-state index in [2.05, 4.69) is 20.8 Å². The highest BCUT2D eigenvalue weighted by atomic mass is 32.1. The molecule has 9 heteroatoms. The maximum atomic E-state index is 12.9. The second-order valence-corrected chi connectivity index (χ2v) is 7.69. The molecular weight excluding hydrogens is 402 g/mol. The fourth-order valence-electron chi connectivity index (χ4n) is 2.65. The van der Waals surface area contributed by atoms with E-state index in [1.165, 1.54) is 16.2 Å². The summed E-state index contributed by atoms with van der Waals surface area (Å²) in [6.07, 6.45) is 0.358. The number of nitrogens with one attached hydrogen (secondary N) is 2. The summed E-state index contributed by atoms with van der Waals surface area (Å²) >= 11 is 1.26. The van der Waals surface area contributed by atoms with E-state index in [4.69, 9.17) is 4.74 Å². The number of carbonyl (C=O) groups excluding carboxylic acids is 2. The van der Waals surface area contributed by atoms with Gasteiger partial charge in [-0.15, -0.1) is 10.2 Å². The van der Waals surface area contributed by atoms with Gasteiger partial charge in [-0.1, -0.05) is 41.7 Å². The van der Waals surface area contributed by atoms with E-state index in [1.807, 2.05) is 54.6 Å². The predicted octanol–water partition coefficient (Wildman–Crippen LogP) is 3.03. The average Bonchev–Trinajstić information content (AvgIpc) is 3.22. The quantitative estimate of drug-likeness (QED) is 0.607. The van der Waals surface area contributed by atoms with Crippen molar-refractivity contribution in [2.75, 3.05) is 26.5 Å². The Bertz CT molecular complexity index is 989. The van der Waals surface area contributed by atoms with E-state index in [-0.39, 0.29) is 11.9 Å². The number of hydrogen-bond donors (Lipinski definition) is 2. The average molecular weight is 426 g/mol. The van der Waals surface area contributed by atoms with Crippen molar-refractivity contribution >= 4 is 28.4 Å². The standard InChI is InChI=1S/C21H23N5O3S/c1-26(2)21(28)22-17(13-14-7-5-4-6-8-14)18(27)23-20-25-24-19(30-20)15-9-11-16(29-3)12-10-15/h4-12,17H,13H2,1-3H3,(H,22,28)(H,23,25,27). The molecule has 8 nitrogen and oxygen atoms in total. The summed E-state index contributed by atoms with van der Waals surface area (Å²) in [5.74, 6) is 0.392. The number of urea groups is 1. The van der Waals surface area contributed by atoms with Crippen molar-refractivity contribution in [3.8, 4) is 16.3 Å². The lowest BCUT2D eigenvalue weighted by Gasteiger charge is -2.20. The van der Waals surface area contributed by atoms with Crippen molar-refractivity contribution in [3.63, 3.8) is 0 Å². The summed E-state index contributed by atoms with van der Waals surface area (Å²) in [6, 6.07) is 15.8. The number of rotatable bonds is 7. The molecule has 0 radical (unpaired) electrons. The Morgan fingerprint density at radius 1 is 1.07 bits per heavy atom. The highest BCUT2D eigenvalue weighted by molar-refractivity contribution is 7.18.